The van der Waals surface area contributed by atoms with Crippen LogP contribution in [0.25, 0.3) is 0 Å². The summed E-state index contributed by atoms with van der Waals surface area (Å²) in [5.74, 6) is 0. The van der Waals surface area contributed by atoms with Crippen molar-refractivity contribution in [2.75, 3.05) is 32.8 Å². The fourth-order valence-electron chi connectivity index (χ4n) is 2.36. The van der Waals surface area contributed by atoms with Crippen LogP contribution >= 0.6 is 0 Å². The standard InChI is InChI=1S/C14H18N6O6/c1-2-26-14(21)17-6-3-7-18(9-8-17)16-15-12-5-4-11(19(22)23)10-13(12)20(24)25/h4-5,10H,2-3,6-9H2,1H3. The minimum absolute atomic E-state index is 0.0768. The Kier molecular flexibility index (Phi) is 6.36. The number of hydrogen-bond acceptors (Lipinski definition) is 8. The van der Waals surface area contributed by atoms with E-state index in [1.807, 2.05) is 0 Å². The third-order valence-electron chi connectivity index (χ3n) is 3.64. The summed E-state index contributed by atoms with van der Waals surface area (Å²) in [5.41, 5.74) is -0.964. The highest BCUT2D eigenvalue weighted by molar-refractivity contribution is 5.67. The van der Waals surface area contributed by atoms with E-state index in [1.54, 1.807) is 16.8 Å². The van der Waals surface area contributed by atoms with Gasteiger partial charge in [0.15, 0.2) is 5.69 Å². The predicted molar refractivity (Wildman–Crippen MR) is 89.1 cm³/mol. The number of benzene rings is 1. The number of nitrogens with zero attached hydrogens (tertiary/aromatic N) is 6. The Morgan fingerprint density at radius 3 is 2.62 bits per heavy atom. The lowest BCUT2D eigenvalue weighted by Crippen LogP contribution is -2.34. The molecule has 0 spiro atoms. The lowest BCUT2D eigenvalue weighted by atomic mass is 10.2. The van der Waals surface area contributed by atoms with Gasteiger partial charge < -0.3 is 9.64 Å². The first-order valence-corrected chi connectivity index (χ1v) is 7.93. The van der Waals surface area contributed by atoms with Crippen molar-refractivity contribution in [2.24, 2.45) is 10.3 Å². The third-order valence-corrected chi connectivity index (χ3v) is 3.64. The molecule has 1 aromatic rings. The SMILES string of the molecule is CCOC(=O)N1CCCN(N=Nc2ccc([N+](=O)[O-])cc2[N+](=O)[O-])CC1. The van der Waals surface area contributed by atoms with Gasteiger partial charge in [0, 0.05) is 25.7 Å². The molecular formula is C14H18N6O6. The maximum Gasteiger partial charge on any atom is 0.409 e. The molecule has 1 fully saturated rings. The van der Waals surface area contributed by atoms with Gasteiger partial charge in [-0.05, 0) is 19.4 Å². The Morgan fingerprint density at radius 2 is 1.96 bits per heavy atom. The average Bonchev–Trinajstić information content (AvgIpc) is 2.85. The van der Waals surface area contributed by atoms with E-state index in [-0.39, 0.29) is 5.69 Å². The van der Waals surface area contributed by atoms with Gasteiger partial charge in [-0.15, -0.1) is 5.11 Å². The molecule has 26 heavy (non-hydrogen) atoms. The minimum Gasteiger partial charge on any atom is -0.450 e. The van der Waals surface area contributed by atoms with Crippen molar-refractivity contribution in [1.82, 2.24) is 9.91 Å². The normalized spacial score (nSPS) is 15.0. The molecule has 0 unspecified atom stereocenters. The quantitative estimate of drug-likeness (QED) is 0.442. The second kappa shape index (κ2) is 8.69. The Morgan fingerprint density at radius 1 is 1.19 bits per heavy atom. The van der Waals surface area contributed by atoms with Crippen molar-refractivity contribution in [1.29, 1.82) is 0 Å². The lowest BCUT2D eigenvalue weighted by Gasteiger charge is -2.19. The highest BCUT2D eigenvalue weighted by Crippen LogP contribution is 2.31. The molecule has 0 N–H and O–H groups in total. The number of nitro benzene ring substituents is 2. The van der Waals surface area contributed by atoms with Gasteiger partial charge in [-0.1, -0.05) is 5.22 Å². The summed E-state index contributed by atoms with van der Waals surface area (Å²) in [5, 5.41) is 31.2. The van der Waals surface area contributed by atoms with Crippen LogP contribution in [0.15, 0.2) is 28.5 Å². The Labute approximate surface area is 148 Å². The largest absolute Gasteiger partial charge is 0.450 e. The topological polar surface area (TPSA) is 144 Å². The average molecular weight is 366 g/mol. The molecule has 0 radical (unpaired) electrons. The van der Waals surface area contributed by atoms with Gasteiger partial charge in [-0.2, -0.15) is 0 Å². The van der Waals surface area contributed by atoms with Crippen LogP contribution in [0.3, 0.4) is 0 Å². The van der Waals surface area contributed by atoms with Crippen LogP contribution in [0.4, 0.5) is 21.9 Å². The summed E-state index contributed by atoms with van der Waals surface area (Å²) in [6, 6.07) is 3.16. The molecule has 1 amide bonds. The number of rotatable bonds is 5. The molecule has 12 heteroatoms. The van der Waals surface area contributed by atoms with Gasteiger partial charge in [0.25, 0.3) is 5.69 Å². The number of hydrogen-bond donors (Lipinski definition) is 0. The van der Waals surface area contributed by atoms with E-state index in [4.69, 9.17) is 4.74 Å². The second-order valence-electron chi connectivity index (χ2n) is 5.37. The highest BCUT2D eigenvalue weighted by atomic mass is 16.6. The summed E-state index contributed by atoms with van der Waals surface area (Å²) in [7, 11) is 0. The molecular weight excluding hydrogens is 348 g/mol. The molecule has 0 bridgehead atoms. The van der Waals surface area contributed by atoms with Crippen LogP contribution in [0.1, 0.15) is 13.3 Å². The van der Waals surface area contributed by atoms with Gasteiger partial charge >= 0.3 is 11.8 Å². The van der Waals surface area contributed by atoms with Crippen molar-refractivity contribution >= 4 is 23.2 Å². The molecule has 1 aromatic carbocycles. The van der Waals surface area contributed by atoms with Crippen molar-refractivity contribution in [3.63, 3.8) is 0 Å². The third kappa shape index (κ3) is 4.84. The molecule has 1 aliphatic rings. The molecule has 1 saturated heterocycles. The molecule has 1 aliphatic heterocycles. The molecule has 140 valence electrons. The smallest absolute Gasteiger partial charge is 0.409 e. The van der Waals surface area contributed by atoms with Gasteiger partial charge in [0.1, 0.15) is 0 Å². The van der Waals surface area contributed by atoms with E-state index in [0.29, 0.717) is 39.2 Å². The number of nitro groups is 2. The van der Waals surface area contributed by atoms with E-state index in [1.165, 1.54) is 6.07 Å². The first kappa shape index (κ1) is 19.0. The van der Waals surface area contributed by atoms with Crippen molar-refractivity contribution in [3.8, 4) is 0 Å². The summed E-state index contributed by atoms with van der Waals surface area (Å²) in [6.07, 6.45) is 0.248. The maximum atomic E-state index is 11.7. The molecule has 0 saturated carbocycles. The molecule has 1 heterocycles. The molecule has 12 nitrogen and oxygen atoms in total. The summed E-state index contributed by atoms with van der Waals surface area (Å²) >= 11 is 0. The summed E-state index contributed by atoms with van der Waals surface area (Å²) in [4.78, 5) is 33.7. The van der Waals surface area contributed by atoms with Crippen molar-refractivity contribution in [3.05, 3.63) is 38.4 Å². The molecule has 0 aromatic heterocycles. The zero-order valence-corrected chi connectivity index (χ0v) is 14.1. The molecule has 0 atom stereocenters. The first-order valence-electron chi connectivity index (χ1n) is 7.93. The summed E-state index contributed by atoms with van der Waals surface area (Å²) < 4.78 is 4.96. The van der Waals surface area contributed by atoms with Crippen LogP contribution in [-0.4, -0.2) is 58.6 Å². The molecule has 2 rings (SSSR count). The first-order chi connectivity index (χ1) is 12.4. The Balaban J connectivity index is 2.08. The predicted octanol–water partition coefficient (Wildman–Crippen LogP) is 2.67. The zero-order valence-electron chi connectivity index (χ0n) is 14.1. The van der Waals surface area contributed by atoms with Crippen molar-refractivity contribution in [2.45, 2.75) is 13.3 Å². The van der Waals surface area contributed by atoms with Gasteiger partial charge in [-0.3, -0.25) is 25.2 Å². The highest BCUT2D eigenvalue weighted by Gasteiger charge is 2.21. The lowest BCUT2D eigenvalue weighted by molar-refractivity contribution is -0.393. The minimum atomic E-state index is -0.744. The second-order valence-corrected chi connectivity index (χ2v) is 5.37. The van der Waals surface area contributed by atoms with Gasteiger partial charge in [0.05, 0.1) is 29.1 Å². The Hall–Kier alpha value is -3.31. The zero-order chi connectivity index (χ0) is 19.1. The van der Waals surface area contributed by atoms with Crippen LogP contribution < -0.4 is 0 Å². The van der Waals surface area contributed by atoms with Crippen LogP contribution in [0.2, 0.25) is 0 Å². The Bertz CT molecular complexity index is 724. The number of non-ortho nitro benzene ring substituents is 1. The van der Waals surface area contributed by atoms with E-state index in [9.17, 15) is 25.0 Å². The monoisotopic (exact) mass is 366 g/mol. The number of ether oxygens (including phenoxy) is 1. The van der Waals surface area contributed by atoms with E-state index in [0.717, 1.165) is 12.1 Å². The van der Waals surface area contributed by atoms with E-state index >= 15 is 0 Å². The van der Waals surface area contributed by atoms with Crippen LogP contribution in [0, 0.1) is 20.2 Å². The molecule has 0 aliphatic carbocycles. The maximum absolute atomic E-state index is 11.7. The summed E-state index contributed by atoms with van der Waals surface area (Å²) in [6.45, 7) is 3.84. The van der Waals surface area contributed by atoms with Crippen LogP contribution in [-0.2, 0) is 4.74 Å². The van der Waals surface area contributed by atoms with E-state index < -0.39 is 27.3 Å². The number of amides is 1. The number of carbonyl (C=O) groups is 1. The van der Waals surface area contributed by atoms with Crippen LogP contribution in [0.5, 0.6) is 0 Å². The van der Waals surface area contributed by atoms with E-state index in [2.05, 4.69) is 10.3 Å². The fraction of sp³-hybridized carbons (Fsp3) is 0.500. The van der Waals surface area contributed by atoms with Gasteiger partial charge in [-0.25, -0.2) is 4.79 Å². The van der Waals surface area contributed by atoms with Gasteiger partial charge in [0.2, 0.25) is 0 Å². The fourth-order valence-corrected chi connectivity index (χ4v) is 2.36. The number of carbonyl (C=O) groups excluding carboxylic acids is 1. The van der Waals surface area contributed by atoms with Crippen molar-refractivity contribution < 1.29 is 19.4 Å².